The number of amides is 3. The molecule has 5 heterocycles. The predicted octanol–water partition coefficient (Wildman–Crippen LogP) is 16.7. The van der Waals surface area contributed by atoms with Crippen molar-refractivity contribution in [2.24, 2.45) is 11.5 Å². The van der Waals surface area contributed by atoms with Gasteiger partial charge in [0.15, 0.2) is 0 Å². The molecule has 8 aromatic rings. The van der Waals surface area contributed by atoms with Crippen molar-refractivity contribution in [3.8, 4) is 40.6 Å². The fourth-order valence-corrected chi connectivity index (χ4v) is 15.1. The maximum atomic E-state index is 12.4. The van der Waals surface area contributed by atoms with Crippen LogP contribution in [-0.4, -0.2) is 195 Å². The molecule has 3 saturated heterocycles. The van der Waals surface area contributed by atoms with Crippen molar-refractivity contribution in [1.29, 1.82) is 5.26 Å². The Morgan fingerprint density at radius 2 is 1.04 bits per heavy atom. The van der Waals surface area contributed by atoms with Crippen LogP contribution < -0.4 is 65.9 Å². The van der Waals surface area contributed by atoms with Gasteiger partial charge in [0.2, 0.25) is 12.5 Å². The van der Waals surface area contributed by atoms with Crippen molar-refractivity contribution >= 4 is 110 Å². The number of halogens is 15. The Hall–Kier alpha value is -11.0. The minimum absolute atomic E-state index is 0. The summed E-state index contributed by atoms with van der Waals surface area (Å²) in [5, 5.41) is 69.5. The van der Waals surface area contributed by atoms with Crippen molar-refractivity contribution in [2.75, 3.05) is 75.3 Å². The Morgan fingerprint density at radius 3 is 1.41 bits per heavy atom. The van der Waals surface area contributed by atoms with Crippen molar-refractivity contribution in [3.63, 3.8) is 0 Å². The number of Topliss-reactive ketones (excluding diaryl/α,β-unsaturated/α-hetero) is 1. The van der Waals surface area contributed by atoms with Crippen LogP contribution in [0.5, 0.6) is 34.5 Å². The number of aliphatic hydroxyl groups excluding tert-OH is 4. The number of pyridine rings is 1. The van der Waals surface area contributed by atoms with Crippen LogP contribution in [0.1, 0.15) is 183 Å². The van der Waals surface area contributed by atoms with Gasteiger partial charge in [0, 0.05) is 85.0 Å². The molecular formula is C89H110Cl2F13N11O20S3. The molecule has 0 spiro atoms. The third-order valence-corrected chi connectivity index (χ3v) is 22.6. The number of hydrogen-bond acceptors (Lipinski definition) is 29. The summed E-state index contributed by atoms with van der Waals surface area (Å²) in [5.41, 5.74) is 15.4. The Morgan fingerprint density at radius 1 is 0.630 bits per heavy atom. The third-order valence-electron chi connectivity index (χ3n) is 19.4. The molecule has 13 N–H and O–H groups in total. The lowest BCUT2D eigenvalue weighted by Crippen LogP contribution is -2.44. The number of primary amides is 2. The number of thioether (sulfide) groups is 1. The van der Waals surface area contributed by atoms with E-state index in [-0.39, 0.29) is 93.3 Å². The molecule has 4 atom stereocenters. The van der Waals surface area contributed by atoms with E-state index in [1.807, 2.05) is 33.8 Å². The molecule has 0 saturated carbocycles. The molecule has 4 unspecified atom stereocenters. The van der Waals surface area contributed by atoms with Crippen LogP contribution in [0, 0.1) is 21.4 Å². The molecule has 3 aliphatic heterocycles. The summed E-state index contributed by atoms with van der Waals surface area (Å²) in [6.45, 7) is 1.70. The number of hydrogen-bond donors (Lipinski definition) is 10. The first kappa shape index (κ1) is 121. The van der Waals surface area contributed by atoms with Crippen LogP contribution >= 0.6 is 47.9 Å². The Bertz CT molecular complexity index is 5190. The van der Waals surface area contributed by atoms with Gasteiger partial charge in [-0.1, -0.05) is 82.1 Å². The average Bonchev–Trinajstić information content (AvgIpc) is 1.61. The molecule has 3 fully saturated rings. The Kier molecular flexibility index (Phi) is 53.3. The van der Waals surface area contributed by atoms with Crippen LogP contribution in [0.2, 0.25) is 0 Å². The van der Waals surface area contributed by atoms with Crippen molar-refractivity contribution in [3.05, 3.63) is 199 Å². The van der Waals surface area contributed by atoms with Gasteiger partial charge >= 0.3 is 54.8 Å². The number of alkyl halides is 13. The third kappa shape index (κ3) is 44.0. The second-order valence-corrected chi connectivity index (χ2v) is 34.3. The number of carbonyl (C=O) groups excluding carboxylic acids is 5. The Balaban J connectivity index is 0.000000428. The highest BCUT2D eigenvalue weighted by molar-refractivity contribution is 8.00. The highest BCUT2D eigenvalue weighted by Gasteiger charge is 2.49. The van der Waals surface area contributed by atoms with E-state index < -0.39 is 108 Å². The van der Waals surface area contributed by atoms with Crippen LogP contribution in [0.4, 0.5) is 73.4 Å². The molecule has 0 bridgehead atoms. The number of ketones is 1. The number of nitrogen functional groups attached to an aromatic ring is 1. The maximum Gasteiger partial charge on any atom is 0.534 e. The van der Waals surface area contributed by atoms with Crippen molar-refractivity contribution in [2.45, 2.75) is 198 Å². The number of fused-ring (bicyclic) bond motifs is 1. The van der Waals surface area contributed by atoms with E-state index in [0.29, 0.717) is 109 Å². The number of carbonyl (C=O) groups is 5. The molecule has 0 radical (unpaired) electrons. The standard InChI is InChI=1S/C25H31F2N5O3S.C14H20F2N2O2.C13H13F3N2O4S2.C10H12F2O2.C10H17NO3.C9H9F2NO4.C8H6F2O2.2ClH/c1-2-3-15-12-19(31-24-20(15)21(28)22(36-24)23(29)34)32-10-8-16(9-11-32)30-13-18(33)14-4-6-17(7-5-14)35-25(26)27;15-14(16)20-12-3-1-10(2-4-12)13(19)9-18-11-5-7-17-8-6-11;1-2-3-8-4-9(22-24(20,21)13(14,15)16)5-11(10(8)6-17)23-7-12(18)19;1-2-9(13)7-3-5-8(6-4-7)14-10(11)12;1-10(2,3)14-9(13)11-6-4-8(12)5-7-11;10-9(11)16-7-3-1-6(2-4-7)8(13)5-12(14)15;9-8(10)12-7-3-1-6(5-11)2-4-7;;/h4-7,12,16,18,25,30,33H,2-3,8-11,13,28H2,1H3,(H2,29,34);1-4,11,13-14,17-19H,5-9H2;4-5H,2-3,7H2,1H3,(H2,18,19);3-6,9-10,13H,2H2,1H3;4-7H2,1-3H3;1-4,8-9,13H,5H2;1-5,8H;2*1H. The lowest BCUT2D eigenvalue weighted by atomic mass is 10.0. The van der Waals surface area contributed by atoms with Gasteiger partial charge in [0.1, 0.15) is 79.9 Å². The average molecular weight is 2070 g/mol. The van der Waals surface area contributed by atoms with Crippen LogP contribution in [-0.2, 0) is 37.3 Å². The number of aliphatic hydroxyl groups is 4. The summed E-state index contributed by atoms with van der Waals surface area (Å²) in [7, 11) is -5.83. The summed E-state index contributed by atoms with van der Waals surface area (Å²) in [4.78, 5) is 74.6. The number of ether oxygens (including phenoxy) is 6. The monoisotopic (exact) mass is 2070 g/mol. The van der Waals surface area contributed by atoms with E-state index in [1.165, 1.54) is 96.3 Å². The number of piperidine rings is 3. The number of nitriles is 1. The molecule has 11 rings (SSSR count). The minimum Gasteiger partial charge on any atom is -0.444 e. The first-order valence-electron chi connectivity index (χ1n) is 42.1. The number of benzene rings is 6. The molecule has 2 aromatic heterocycles. The molecule has 3 amide bonds. The highest BCUT2D eigenvalue weighted by atomic mass is 35.5. The van der Waals surface area contributed by atoms with Gasteiger partial charge in [-0.2, -0.15) is 70.8 Å². The SMILES string of the molecule is CC(C)(C)OC(=O)N1CCC(=O)CC1.CCC(O)c1ccc(OC(F)F)cc1.CCCc1cc(N2CCC(NCC(O)c3ccc(OC(F)F)cc3)CC2)nc2sc(C(N)=O)c(N)c12.CCCc1cc(OS(=O)(=O)C(F)(F)F)cc(SCC(N)=O)c1C#N.Cl.Cl.O=Cc1ccc(OC(F)F)cc1.O=[N+]([O-])CC(O)c1ccc(OC(F)F)cc1.OC(CNC1CCNCC1)c1ccc(OC(F)F)cc1. The number of aromatic nitrogens is 1. The lowest BCUT2D eigenvalue weighted by molar-refractivity contribution is -0.491. The number of anilines is 2. The number of aldehydes is 1. The normalized spacial score (nSPS) is 14.2. The van der Waals surface area contributed by atoms with Crippen molar-refractivity contribution < 1.29 is 147 Å². The summed E-state index contributed by atoms with van der Waals surface area (Å²) in [6.07, 6.45) is 5.11. The molecule has 3 aliphatic rings. The number of nitrogens with two attached hydrogens (primary N) is 3. The topological polar surface area (TPSA) is 465 Å². The van der Waals surface area contributed by atoms with E-state index in [2.05, 4.69) is 61.7 Å². The number of aryl methyl sites for hydroxylation is 2. The first-order chi connectivity index (χ1) is 64.1. The number of thiophene rings is 1. The van der Waals surface area contributed by atoms with E-state index >= 15 is 0 Å². The molecule has 31 nitrogen and oxygen atoms in total. The molecule has 0 aliphatic carbocycles. The molecular weight excluding hydrogens is 1960 g/mol. The number of likely N-dealkylation sites (tertiary alicyclic amines) is 1. The molecule has 764 valence electrons. The smallest absolute Gasteiger partial charge is 0.444 e. The van der Waals surface area contributed by atoms with Gasteiger partial charge in [-0.3, -0.25) is 29.3 Å². The van der Waals surface area contributed by atoms with Crippen LogP contribution in [0.25, 0.3) is 10.2 Å². The van der Waals surface area contributed by atoms with Gasteiger partial charge in [0.25, 0.3) is 5.91 Å². The summed E-state index contributed by atoms with van der Waals surface area (Å²) in [6, 6.07) is 35.2. The predicted molar refractivity (Wildman–Crippen MR) is 494 cm³/mol. The second kappa shape index (κ2) is 60.7. The van der Waals surface area contributed by atoms with Gasteiger partial charge in [-0.05, 0) is 203 Å². The molecule has 138 heavy (non-hydrogen) atoms. The summed E-state index contributed by atoms with van der Waals surface area (Å²) < 4.78 is 209. The van der Waals surface area contributed by atoms with Gasteiger partial charge in [0.05, 0.1) is 35.3 Å². The number of nitrogens with zero attached hydrogens (tertiary/aromatic N) is 5. The fourth-order valence-electron chi connectivity index (χ4n) is 12.8. The zero-order valence-corrected chi connectivity index (χ0v) is 79.4. The van der Waals surface area contributed by atoms with E-state index in [4.69, 9.17) is 26.9 Å². The largest absolute Gasteiger partial charge is 0.534 e. The first-order valence-corrected chi connectivity index (χ1v) is 45.3. The maximum absolute atomic E-state index is 12.4. The second-order valence-electron chi connectivity index (χ2n) is 30.8. The number of nitro groups is 1. The van der Waals surface area contributed by atoms with Crippen LogP contribution in [0.15, 0.2) is 144 Å². The van der Waals surface area contributed by atoms with Gasteiger partial charge < -0.3 is 96.0 Å². The highest BCUT2D eigenvalue weighted by Crippen LogP contribution is 2.39. The quantitative estimate of drug-likeness (QED) is 0.00335. The Labute approximate surface area is 808 Å². The summed E-state index contributed by atoms with van der Waals surface area (Å²) in [5.74, 6) is -0.695. The van der Waals surface area contributed by atoms with E-state index in [0.717, 1.165) is 110 Å². The van der Waals surface area contributed by atoms with Crippen LogP contribution in [0.3, 0.4) is 0 Å². The zero-order valence-electron chi connectivity index (χ0n) is 75.3. The van der Waals surface area contributed by atoms with Gasteiger partial charge in [-0.15, -0.1) is 47.9 Å². The number of nitrogens with one attached hydrogen (secondary N) is 3. The molecule has 6 aromatic carbocycles. The number of rotatable bonds is 35. The lowest BCUT2D eigenvalue weighted by Gasteiger charge is -2.34. The van der Waals surface area contributed by atoms with Crippen molar-refractivity contribution in [1.82, 2.24) is 25.8 Å². The molecule has 49 heteroatoms. The van der Waals surface area contributed by atoms with E-state index in [9.17, 15) is 125 Å². The van der Waals surface area contributed by atoms with Gasteiger partial charge in [-0.25, -0.2) is 9.78 Å². The minimum atomic E-state index is -5.83. The van der Waals surface area contributed by atoms with E-state index in [1.54, 1.807) is 48.2 Å². The summed E-state index contributed by atoms with van der Waals surface area (Å²) >= 11 is 2.06. The fraction of sp³-hybridized carbons (Fsp3) is 0.449. The zero-order chi connectivity index (χ0) is 101.